The van der Waals surface area contributed by atoms with Gasteiger partial charge in [-0.1, -0.05) is 18.2 Å². The summed E-state index contributed by atoms with van der Waals surface area (Å²) < 4.78 is 5.96. The fourth-order valence-corrected chi connectivity index (χ4v) is 3.83. The van der Waals surface area contributed by atoms with Crippen molar-refractivity contribution in [2.24, 2.45) is 0 Å². The lowest BCUT2D eigenvalue weighted by Gasteiger charge is -2.17. The average molecular weight is 385 g/mol. The molecule has 9 heteroatoms. The molecular weight excluding hydrogens is 370 g/mol. The van der Waals surface area contributed by atoms with Crippen molar-refractivity contribution in [1.29, 1.82) is 0 Å². The highest BCUT2D eigenvalue weighted by atomic mass is 32.1. The van der Waals surface area contributed by atoms with Gasteiger partial charge in [0.05, 0.1) is 22.5 Å². The second-order valence-electron chi connectivity index (χ2n) is 6.11. The van der Waals surface area contributed by atoms with Crippen molar-refractivity contribution < 1.29 is 24.5 Å². The SMILES string of the molecule is O=C(O)[C@@H]1C[C@@H](Oc2nc3ccccc3nc2-c2cccs2)CN1C(=O)O. The number of rotatable bonds is 4. The first kappa shape index (κ1) is 17.2. The number of hydrogen-bond acceptors (Lipinski definition) is 6. The summed E-state index contributed by atoms with van der Waals surface area (Å²) in [5.41, 5.74) is 1.93. The number of aliphatic carboxylic acids is 1. The summed E-state index contributed by atoms with van der Waals surface area (Å²) in [6.45, 7) is -0.0370. The summed E-state index contributed by atoms with van der Waals surface area (Å²) in [6.07, 6.45) is -1.84. The molecule has 2 aromatic heterocycles. The lowest BCUT2D eigenvalue weighted by Crippen LogP contribution is -2.39. The van der Waals surface area contributed by atoms with E-state index >= 15 is 0 Å². The number of thiophene rings is 1. The number of ether oxygens (including phenoxy) is 1. The summed E-state index contributed by atoms with van der Waals surface area (Å²) in [4.78, 5) is 33.6. The Kier molecular flexibility index (Phi) is 4.36. The van der Waals surface area contributed by atoms with Crippen molar-refractivity contribution in [3.8, 4) is 16.5 Å². The van der Waals surface area contributed by atoms with Crippen LogP contribution in [0.15, 0.2) is 41.8 Å². The maximum Gasteiger partial charge on any atom is 0.408 e. The number of hydrogen-bond donors (Lipinski definition) is 2. The Morgan fingerprint density at radius 3 is 2.44 bits per heavy atom. The van der Waals surface area contributed by atoms with E-state index < -0.39 is 24.2 Å². The molecule has 0 unspecified atom stereocenters. The van der Waals surface area contributed by atoms with Crippen LogP contribution >= 0.6 is 11.3 Å². The number of nitrogens with zero attached hydrogens (tertiary/aromatic N) is 3. The van der Waals surface area contributed by atoms with E-state index in [0.717, 1.165) is 15.3 Å². The first-order valence-electron chi connectivity index (χ1n) is 8.22. The molecule has 0 radical (unpaired) electrons. The molecule has 0 saturated carbocycles. The third-order valence-electron chi connectivity index (χ3n) is 4.36. The van der Waals surface area contributed by atoms with Gasteiger partial charge in [-0.05, 0) is 23.6 Å². The molecule has 0 aliphatic carbocycles. The van der Waals surface area contributed by atoms with E-state index in [1.807, 2.05) is 41.8 Å². The van der Waals surface area contributed by atoms with Gasteiger partial charge in [0.25, 0.3) is 0 Å². The fraction of sp³-hybridized carbons (Fsp3) is 0.222. The summed E-state index contributed by atoms with van der Waals surface area (Å²) >= 11 is 1.49. The molecule has 1 aliphatic heterocycles. The minimum absolute atomic E-state index is 0.0370. The number of amides is 1. The monoisotopic (exact) mass is 385 g/mol. The van der Waals surface area contributed by atoms with Crippen LogP contribution in [0.3, 0.4) is 0 Å². The topological polar surface area (TPSA) is 113 Å². The molecule has 3 aromatic rings. The highest BCUT2D eigenvalue weighted by molar-refractivity contribution is 7.13. The lowest BCUT2D eigenvalue weighted by molar-refractivity contribution is -0.141. The Balaban J connectivity index is 1.70. The van der Waals surface area contributed by atoms with Gasteiger partial charge in [0, 0.05) is 6.42 Å². The van der Waals surface area contributed by atoms with Crippen molar-refractivity contribution in [2.75, 3.05) is 6.54 Å². The Labute approximate surface area is 157 Å². The van der Waals surface area contributed by atoms with Gasteiger partial charge >= 0.3 is 12.1 Å². The highest BCUT2D eigenvalue weighted by Crippen LogP contribution is 2.34. The summed E-state index contributed by atoms with van der Waals surface area (Å²) in [6, 6.07) is 10.0. The van der Waals surface area contributed by atoms with Gasteiger partial charge in [-0.3, -0.25) is 4.90 Å². The molecule has 3 heterocycles. The average Bonchev–Trinajstić information content (AvgIpc) is 3.31. The Morgan fingerprint density at radius 2 is 1.85 bits per heavy atom. The maximum atomic E-state index is 11.4. The number of carboxylic acids is 1. The van der Waals surface area contributed by atoms with E-state index in [4.69, 9.17) is 4.74 Å². The number of aromatic nitrogens is 2. The van der Waals surface area contributed by atoms with Crippen LogP contribution in [0.1, 0.15) is 6.42 Å². The third kappa shape index (κ3) is 3.28. The number of likely N-dealkylation sites (tertiary alicyclic amines) is 1. The van der Waals surface area contributed by atoms with Gasteiger partial charge < -0.3 is 14.9 Å². The van der Waals surface area contributed by atoms with Crippen LogP contribution in [0.25, 0.3) is 21.6 Å². The number of benzene rings is 1. The van der Waals surface area contributed by atoms with Gasteiger partial charge in [0.2, 0.25) is 5.88 Å². The van der Waals surface area contributed by atoms with Crippen LogP contribution in [0.4, 0.5) is 4.79 Å². The van der Waals surface area contributed by atoms with Gasteiger partial charge in [-0.25, -0.2) is 19.6 Å². The van der Waals surface area contributed by atoms with Gasteiger partial charge in [-0.2, -0.15) is 0 Å². The Bertz CT molecular complexity index is 985. The molecule has 1 saturated heterocycles. The largest absolute Gasteiger partial charge is 0.480 e. The molecule has 1 amide bonds. The summed E-state index contributed by atoms with van der Waals surface area (Å²) in [5.74, 6) is -0.913. The molecule has 1 aromatic carbocycles. The second-order valence-corrected chi connectivity index (χ2v) is 7.06. The van der Waals surface area contributed by atoms with Crippen LogP contribution in [0.5, 0.6) is 5.88 Å². The molecule has 1 aliphatic rings. The van der Waals surface area contributed by atoms with Crippen molar-refractivity contribution in [2.45, 2.75) is 18.6 Å². The van der Waals surface area contributed by atoms with E-state index in [-0.39, 0.29) is 18.8 Å². The minimum Gasteiger partial charge on any atom is -0.480 e. The predicted molar refractivity (Wildman–Crippen MR) is 98.0 cm³/mol. The van der Waals surface area contributed by atoms with Gasteiger partial charge in [-0.15, -0.1) is 11.3 Å². The van der Waals surface area contributed by atoms with E-state index in [1.54, 1.807) is 0 Å². The van der Waals surface area contributed by atoms with Crippen molar-refractivity contribution in [3.63, 3.8) is 0 Å². The predicted octanol–water partition coefficient (Wildman–Crippen LogP) is 2.94. The molecule has 0 spiro atoms. The quantitative estimate of drug-likeness (QED) is 0.710. The molecular formula is C18H15N3O5S. The third-order valence-corrected chi connectivity index (χ3v) is 5.24. The van der Waals surface area contributed by atoms with E-state index in [2.05, 4.69) is 9.97 Å². The van der Waals surface area contributed by atoms with E-state index in [0.29, 0.717) is 11.2 Å². The fourth-order valence-electron chi connectivity index (χ4n) is 3.13. The van der Waals surface area contributed by atoms with Crippen LogP contribution in [-0.4, -0.2) is 55.8 Å². The number of carboxylic acid groups (broad SMARTS) is 2. The van der Waals surface area contributed by atoms with Crippen LogP contribution < -0.4 is 4.74 Å². The first-order chi connectivity index (χ1) is 13.0. The molecule has 4 rings (SSSR count). The van der Waals surface area contributed by atoms with Crippen LogP contribution in [-0.2, 0) is 4.79 Å². The van der Waals surface area contributed by atoms with Crippen LogP contribution in [0, 0.1) is 0 Å². The van der Waals surface area contributed by atoms with Gasteiger partial charge in [0.1, 0.15) is 17.8 Å². The highest BCUT2D eigenvalue weighted by Gasteiger charge is 2.41. The smallest absolute Gasteiger partial charge is 0.408 e. The zero-order valence-electron chi connectivity index (χ0n) is 14.0. The standard InChI is InChI=1S/C18H15N3O5S/c22-17(23)13-8-10(9-21(13)18(24)25)26-16-15(14-6-3-7-27-14)19-11-4-1-2-5-12(11)20-16/h1-7,10,13H,8-9H2,(H,22,23)(H,24,25)/t10-,13+/m1/s1. The minimum atomic E-state index is -1.28. The normalized spacial score (nSPS) is 19.3. The lowest BCUT2D eigenvalue weighted by atomic mass is 10.2. The molecule has 27 heavy (non-hydrogen) atoms. The van der Waals surface area contributed by atoms with E-state index in [9.17, 15) is 19.8 Å². The second kappa shape index (κ2) is 6.84. The first-order valence-corrected chi connectivity index (χ1v) is 9.10. The Hall–Kier alpha value is -3.20. The molecule has 2 atom stereocenters. The van der Waals surface area contributed by atoms with Gasteiger partial charge in [0.15, 0.2) is 0 Å². The Morgan fingerprint density at radius 1 is 1.11 bits per heavy atom. The van der Waals surface area contributed by atoms with Crippen molar-refractivity contribution in [3.05, 3.63) is 41.8 Å². The van der Waals surface area contributed by atoms with Crippen molar-refractivity contribution >= 4 is 34.4 Å². The zero-order valence-corrected chi connectivity index (χ0v) is 14.8. The number of carbonyl (C=O) groups is 2. The zero-order chi connectivity index (χ0) is 19.0. The molecule has 1 fully saturated rings. The molecule has 138 valence electrons. The van der Waals surface area contributed by atoms with Crippen LogP contribution in [0.2, 0.25) is 0 Å². The molecule has 2 N–H and O–H groups in total. The summed E-state index contributed by atoms with van der Waals surface area (Å²) in [5, 5.41) is 20.4. The maximum absolute atomic E-state index is 11.4. The summed E-state index contributed by atoms with van der Waals surface area (Å²) in [7, 11) is 0. The number of para-hydroxylation sites is 2. The molecule has 8 nitrogen and oxygen atoms in total. The number of fused-ring (bicyclic) bond motifs is 1. The molecule has 0 bridgehead atoms. The van der Waals surface area contributed by atoms with Crippen molar-refractivity contribution in [1.82, 2.24) is 14.9 Å². The van der Waals surface area contributed by atoms with E-state index in [1.165, 1.54) is 11.3 Å².